The van der Waals surface area contributed by atoms with Gasteiger partial charge in [0.1, 0.15) is 5.82 Å². The van der Waals surface area contributed by atoms with Crippen LogP contribution in [0.3, 0.4) is 0 Å². The maximum absolute atomic E-state index is 10.7. The minimum Gasteiger partial charge on any atom is -0.383 e. The Morgan fingerprint density at radius 1 is 1.23 bits per heavy atom. The molecule has 30 heavy (non-hydrogen) atoms. The first-order chi connectivity index (χ1) is 14.3. The first-order valence-corrected chi connectivity index (χ1v) is 9.39. The first-order valence-electron chi connectivity index (χ1n) is 8.23. The average Bonchev–Trinajstić information content (AvgIpc) is 2.67. The maximum atomic E-state index is 10.7. The molecule has 0 atom stereocenters. The molecule has 12 heteroatoms. The lowest BCUT2D eigenvalue weighted by Gasteiger charge is -2.12. The number of hydrogen-bond donors (Lipinski definition) is 3. The topological polar surface area (TPSA) is 149 Å². The van der Waals surface area contributed by atoms with Crippen LogP contribution in [-0.2, 0) is 0 Å². The molecule has 0 aliphatic carbocycles. The summed E-state index contributed by atoms with van der Waals surface area (Å²) in [5, 5.41) is 19.4. The largest absolute Gasteiger partial charge is 0.383 e. The van der Waals surface area contributed by atoms with Gasteiger partial charge >= 0.3 is 0 Å². The Bertz CT molecular complexity index is 1240. The standard InChI is InChI=1S/C18H13Cl2N7O2S/c19-10-3-6-12(13(20)7-10)15-14(16(21)25-18(30)24-15)17(22)26-23-8-9-1-4-11(5-2-9)27(28)29/h1-8H,(H2,22,26)(H3,21,24,25,30)/b23-8+. The van der Waals surface area contributed by atoms with Crippen molar-refractivity contribution in [3.63, 3.8) is 0 Å². The van der Waals surface area contributed by atoms with Crippen LogP contribution in [0.5, 0.6) is 0 Å². The minimum absolute atomic E-state index is 0.0296. The lowest BCUT2D eigenvalue weighted by atomic mass is 10.1. The Balaban J connectivity index is 2.00. The molecule has 5 N–H and O–H groups in total. The molecule has 0 saturated carbocycles. The molecule has 0 aliphatic rings. The van der Waals surface area contributed by atoms with E-state index in [-0.39, 0.29) is 27.7 Å². The number of anilines is 1. The third-order valence-corrected chi connectivity index (χ3v) is 4.63. The average molecular weight is 462 g/mol. The molecule has 0 saturated heterocycles. The molecule has 2 aromatic carbocycles. The van der Waals surface area contributed by atoms with Crippen LogP contribution in [0.1, 0.15) is 11.1 Å². The Morgan fingerprint density at radius 2 is 1.93 bits per heavy atom. The van der Waals surface area contributed by atoms with Gasteiger partial charge in [0.2, 0.25) is 0 Å². The van der Waals surface area contributed by atoms with E-state index in [2.05, 4.69) is 20.2 Å². The number of nitrogens with one attached hydrogen (secondary N) is 1. The van der Waals surface area contributed by atoms with E-state index in [1.54, 1.807) is 18.2 Å². The number of hydrogen-bond acceptors (Lipinski definition) is 7. The Morgan fingerprint density at radius 3 is 2.57 bits per heavy atom. The summed E-state index contributed by atoms with van der Waals surface area (Å²) in [4.78, 5) is 17.1. The predicted octanol–water partition coefficient (Wildman–Crippen LogP) is 4.34. The zero-order chi connectivity index (χ0) is 21.8. The molecule has 3 aromatic rings. The lowest BCUT2D eigenvalue weighted by Crippen LogP contribution is -2.18. The van der Waals surface area contributed by atoms with Crippen molar-refractivity contribution >= 4 is 59.0 Å². The van der Waals surface area contributed by atoms with Crippen LogP contribution in [0.25, 0.3) is 11.3 Å². The van der Waals surface area contributed by atoms with Crippen LogP contribution < -0.4 is 11.5 Å². The number of nitro groups is 1. The minimum atomic E-state index is -0.490. The Labute approximate surface area is 185 Å². The van der Waals surface area contributed by atoms with Gasteiger partial charge in [-0.2, -0.15) is 5.10 Å². The molecule has 0 radical (unpaired) electrons. The van der Waals surface area contributed by atoms with E-state index in [4.69, 9.17) is 46.9 Å². The number of aromatic amines is 1. The van der Waals surface area contributed by atoms with Gasteiger partial charge in [0, 0.05) is 22.7 Å². The molecule has 0 aliphatic heterocycles. The van der Waals surface area contributed by atoms with Gasteiger partial charge in [0.15, 0.2) is 10.6 Å². The molecule has 1 aromatic heterocycles. The summed E-state index contributed by atoms with van der Waals surface area (Å²) in [6, 6.07) is 10.7. The summed E-state index contributed by atoms with van der Waals surface area (Å²) in [7, 11) is 0. The number of nitrogens with zero attached hydrogens (tertiary/aromatic N) is 4. The second-order valence-corrected chi connectivity index (χ2v) is 7.11. The monoisotopic (exact) mass is 461 g/mol. The summed E-state index contributed by atoms with van der Waals surface area (Å²) < 4.78 is 0.138. The summed E-state index contributed by atoms with van der Waals surface area (Å²) in [5.41, 5.74) is 13.9. The van der Waals surface area contributed by atoms with E-state index >= 15 is 0 Å². The zero-order valence-corrected chi connectivity index (χ0v) is 17.4. The third-order valence-electron chi connectivity index (χ3n) is 3.89. The highest BCUT2D eigenvalue weighted by molar-refractivity contribution is 7.71. The van der Waals surface area contributed by atoms with E-state index in [1.165, 1.54) is 30.5 Å². The first kappa shape index (κ1) is 21.4. The molecule has 0 spiro atoms. The van der Waals surface area contributed by atoms with Crippen molar-refractivity contribution in [1.82, 2.24) is 9.97 Å². The van der Waals surface area contributed by atoms with Crippen molar-refractivity contribution in [3.05, 3.63) is 78.5 Å². The number of H-pyrrole nitrogens is 1. The number of non-ortho nitro benzene ring substituents is 1. The summed E-state index contributed by atoms with van der Waals surface area (Å²) in [6.45, 7) is 0. The Hall–Kier alpha value is -3.34. The van der Waals surface area contributed by atoms with Crippen LogP contribution >= 0.6 is 35.4 Å². The van der Waals surface area contributed by atoms with Crippen molar-refractivity contribution in [2.45, 2.75) is 0 Å². The third kappa shape index (κ3) is 4.79. The van der Waals surface area contributed by atoms with Gasteiger partial charge in [0.25, 0.3) is 5.69 Å². The van der Waals surface area contributed by atoms with E-state index in [0.29, 0.717) is 26.9 Å². The molecule has 9 nitrogen and oxygen atoms in total. The number of benzene rings is 2. The molecule has 0 unspecified atom stereocenters. The van der Waals surface area contributed by atoms with Gasteiger partial charge in [-0.25, -0.2) is 4.98 Å². The molecule has 0 amide bonds. The smallest absolute Gasteiger partial charge is 0.269 e. The normalized spacial score (nSPS) is 11.7. The number of halogens is 2. The zero-order valence-electron chi connectivity index (χ0n) is 15.0. The highest BCUT2D eigenvalue weighted by atomic mass is 35.5. The molecule has 1 heterocycles. The number of nitrogens with two attached hydrogens (primary N) is 2. The van der Waals surface area contributed by atoms with Gasteiger partial charge in [-0.1, -0.05) is 23.2 Å². The second-order valence-electron chi connectivity index (χ2n) is 5.88. The summed E-state index contributed by atoms with van der Waals surface area (Å²) in [5.74, 6) is 0.0111. The molecule has 3 rings (SSSR count). The summed E-state index contributed by atoms with van der Waals surface area (Å²) >= 11 is 17.4. The van der Waals surface area contributed by atoms with E-state index in [9.17, 15) is 10.1 Å². The molecular weight excluding hydrogens is 449 g/mol. The number of rotatable bonds is 5. The number of nitrogen functional groups attached to an aromatic ring is 1. The second kappa shape index (κ2) is 8.99. The molecule has 0 bridgehead atoms. The van der Waals surface area contributed by atoms with Gasteiger partial charge in [-0.3, -0.25) is 10.1 Å². The van der Waals surface area contributed by atoms with Crippen molar-refractivity contribution < 1.29 is 4.92 Å². The van der Waals surface area contributed by atoms with Crippen LogP contribution in [0, 0.1) is 14.9 Å². The van der Waals surface area contributed by atoms with Gasteiger partial charge in [0.05, 0.1) is 27.4 Å². The lowest BCUT2D eigenvalue weighted by molar-refractivity contribution is -0.384. The number of aromatic nitrogens is 2. The van der Waals surface area contributed by atoms with Crippen molar-refractivity contribution in [1.29, 1.82) is 0 Å². The van der Waals surface area contributed by atoms with Gasteiger partial charge in [-0.15, -0.1) is 5.10 Å². The van der Waals surface area contributed by atoms with Crippen molar-refractivity contribution in [2.75, 3.05) is 5.73 Å². The van der Waals surface area contributed by atoms with Crippen molar-refractivity contribution in [2.24, 2.45) is 15.9 Å². The molecular formula is C18H13Cl2N7O2S. The van der Waals surface area contributed by atoms with Crippen LogP contribution in [0.4, 0.5) is 11.5 Å². The van der Waals surface area contributed by atoms with Gasteiger partial charge < -0.3 is 16.5 Å². The fourth-order valence-corrected chi connectivity index (χ4v) is 3.24. The highest BCUT2D eigenvalue weighted by Gasteiger charge is 2.17. The van der Waals surface area contributed by atoms with E-state index in [1.807, 2.05) is 0 Å². The van der Waals surface area contributed by atoms with Crippen LogP contribution in [0.15, 0.2) is 52.7 Å². The summed E-state index contributed by atoms with van der Waals surface area (Å²) in [6.07, 6.45) is 1.39. The molecule has 152 valence electrons. The number of amidine groups is 1. The van der Waals surface area contributed by atoms with E-state index < -0.39 is 4.92 Å². The van der Waals surface area contributed by atoms with E-state index in [0.717, 1.165) is 0 Å². The quantitative estimate of drug-likeness (QED) is 0.169. The maximum Gasteiger partial charge on any atom is 0.269 e. The number of nitro benzene ring substituents is 1. The predicted molar refractivity (Wildman–Crippen MR) is 121 cm³/mol. The Kier molecular flexibility index (Phi) is 6.40. The van der Waals surface area contributed by atoms with Crippen LogP contribution in [0.2, 0.25) is 10.0 Å². The SMILES string of the molecule is N/C(=N\N=C\c1ccc([N+](=O)[O-])cc1)c1c(N)nc(=S)[nH]c1-c1ccc(Cl)cc1Cl. The molecule has 0 fully saturated rings. The highest BCUT2D eigenvalue weighted by Crippen LogP contribution is 2.32. The fraction of sp³-hybridized carbons (Fsp3) is 0. The van der Waals surface area contributed by atoms with Crippen LogP contribution in [-0.4, -0.2) is 26.9 Å². The fourth-order valence-electron chi connectivity index (χ4n) is 2.53. The van der Waals surface area contributed by atoms with Gasteiger partial charge in [-0.05, 0) is 48.1 Å². The van der Waals surface area contributed by atoms with Crippen molar-refractivity contribution in [3.8, 4) is 11.3 Å².